The Morgan fingerprint density at radius 3 is 2.23 bits per heavy atom. The van der Waals surface area contributed by atoms with E-state index in [2.05, 4.69) is 45.9 Å². The third kappa shape index (κ3) is 3.03. The van der Waals surface area contributed by atoms with E-state index in [1.807, 2.05) is 3.28 Å². The largest absolute Gasteiger partial charge is 0.269 e. The van der Waals surface area contributed by atoms with Crippen LogP contribution in [0.5, 0.6) is 0 Å². The van der Waals surface area contributed by atoms with Crippen LogP contribution in [0.15, 0.2) is 41.5 Å². The van der Waals surface area contributed by atoms with Crippen LogP contribution in [0.1, 0.15) is 59.8 Å². The van der Waals surface area contributed by atoms with Crippen molar-refractivity contribution in [3.05, 3.63) is 41.5 Å². The Balaban J connectivity index is 0.00000121. The van der Waals surface area contributed by atoms with E-state index in [4.69, 9.17) is 0 Å². The van der Waals surface area contributed by atoms with Crippen LogP contribution >= 0.6 is 0 Å². The fourth-order valence-electron chi connectivity index (χ4n) is 4.37. The Hall–Kier alpha value is -0.297. The predicted octanol–water partition coefficient (Wildman–Crippen LogP) is 6.04. The summed E-state index contributed by atoms with van der Waals surface area (Å²) in [6.07, 6.45) is 14.1. The van der Waals surface area contributed by atoms with Crippen LogP contribution in [0, 0.1) is 11.3 Å². The number of hydrogen-bond acceptors (Lipinski definition) is 0. The fraction of sp³-hybridized carbons (Fsp3) is 0.579. The van der Waals surface area contributed by atoms with Gasteiger partial charge in [0.1, 0.15) is 0 Å². The van der Waals surface area contributed by atoms with E-state index in [1.165, 1.54) is 32.1 Å². The zero-order valence-electron chi connectivity index (χ0n) is 14.2. The molecule has 0 aliphatic heterocycles. The molecule has 0 spiro atoms. The monoisotopic (exact) mass is 384 g/mol. The minimum absolute atomic E-state index is 0. The van der Waals surface area contributed by atoms with Crippen molar-refractivity contribution >= 4 is 0 Å². The minimum Gasteiger partial charge on any atom is -0.269 e. The van der Waals surface area contributed by atoms with E-state index in [0.29, 0.717) is 5.41 Å². The summed E-state index contributed by atoms with van der Waals surface area (Å²) in [6.45, 7) is 9.77. The Morgan fingerprint density at radius 1 is 1.05 bits per heavy atom. The van der Waals surface area contributed by atoms with Crippen molar-refractivity contribution in [1.82, 2.24) is 0 Å². The van der Waals surface area contributed by atoms with Gasteiger partial charge in [0.2, 0.25) is 0 Å². The molecule has 3 rings (SSSR count). The van der Waals surface area contributed by atoms with Gasteiger partial charge in [-0.3, -0.25) is 9.41 Å². The summed E-state index contributed by atoms with van der Waals surface area (Å²) >= 11 is -0.571. The van der Waals surface area contributed by atoms with Crippen LogP contribution in [-0.2, 0) is 23.2 Å². The van der Waals surface area contributed by atoms with Crippen molar-refractivity contribution in [2.24, 2.45) is 11.3 Å². The van der Waals surface area contributed by atoms with Crippen molar-refractivity contribution < 1.29 is 32.6 Å². The predicted molar refractivity (Wildman–Crippen MR) is 88.0 cm³/mol. The molecule has 0 aromatic rings. The molecule has 0 N–H and O–H groups in total. The summed E-state index contributed by atoms with van der Waals surface area (Å²) in [5.41, 5.74) is 5.39. The molecule has 3 heteroatoms. The molecular weight excluding hydrogens is 357 g/mol. The zero-order chi connectivity index (χ0) is 14.3. The second kappa shape index (κ2) is 7.51. The molecule has 0 heterocycles. The second-order valence-corrected chi connectivity index (χ2v) is 10.3. The standard InChI is InChI=1S/C14H21.C5H5.2FH.Zr/c1-10-9-14(4,12(3)11(10)2)13-7-5-6-8-13;1-2-4-5-3-1;;;/h13H,5-8H2,1-4H3;1-3H,4H2;2*1H;. The molecule has 0 bridgehead atoms. The number of rotatable bonds is 3. The quantitative estimate of drug-likeness (QED) is 0.556. The molecule has 0 radical (unpaired) electrons. The Morgan fingerprint density at radius 2 is 1.68 bits per heavy atom. The van der Waals surface area contributed by atoms with Crippen molar-refractivity contribution in [1.29, 1.82) is 0 Å². The van der Waals surface area contributed by atoms with Gasteiger partial charge in [0.05, 0.1) is 0 Å². The maximum absolute atomic E-state index is 2.58. The molecule has 0 nitrogen and oxygen atoms in total. The van der Waals surface area contributed by atoms with Crippen molar-refractivity contribution in [2.45, 2.75) is 59.8 Å². The summed E-state index contributed by atoms with van der Waals surface area (Å²) < 4.78 is 3.67. The molecule has 3 aliphatic rings. The summed E-state index contributed by atoms with van der Waals surface area (Å²) in [7, 11) is 0. The van der Waals surface area contributed by atoms with Crippen LogP contribution in [0.25, 0.3) is 0 Å². The van der Waals surface area contributed by atoms with Gasteiger partial charge in [0.15, 0.2) is 0 Å². The summed E-state index contributed by atoms with van der Waals surface area (Å²) in [4.78, 5) is 0. The Kier molecular flexibility index (Phi) is 6.75. The van der Waals surface area contributed by atoms with Crippen LogP contribution in [0.4, 0.5) is 9.41 Å². The van der Waals surface area contributed by atoms with Gasteiger partial charge in [0.25, 0.3) is 0 Å². The van der Waals surface area contributed by atoms with E-state index in [0.717, 1.165) is 5.92 Å². The van der Waals surface area contributed by atoms with E-state index in [1.54, 1.807) is 20.0 Å². The average Bonchev–Trinajstić information content (AvgIpc) is 3.15. The summed E-state index contributed by atoms with van der Waals surface area (Å²) in [5.74, 6) is 0.917. The van der Waals surface area contributed by atoms with Gasteiger partial charge in [0, 0.05) is 0 Å². The Bertz CT molecular complexity index is 548. The van der Waals surface area contributed by atoms with Gasteiger partial charge in [-0.15, -0.1) is 0 Å². The van der Waals surface area contributed by atoms with Crippen LogP contribution in [0.2, 0.25) is 0 Å². The number of allylic oxidation sites excluding steroid dienone is 8. The maximum atomic E-state index is 2.58. The van der Waals surface area contributed by atoms with Crippen LogP contribution in [0.3, 0.4) is 0 Å². The topological polar surface area (TPSA) is 0 Å². The molecule has 1 unspecified atom stereocenters. The molecule has 3 aliphatic carbocycles. The van der Waals surface area contributed by atoms with Crippen molar-refractivity contribution in [2.75, 3.05) is 0 Å². The van der Waals surface area contributed by atoms with Gasteiger partial charge < -0.3 is 0 Å². The van der Waals surface area contributed by atoms with Gasteiger partial charge in [-0.1, -0.05) is 0 Å². The van der Waals surface area contributed by atoms with Gasteiger partial charge in [-0.2, -0.15) is 0 Å². The zero-order valence-corrected chi connectivity index (χ0v) is 16.6. The molecule has 1 saturated carbocycles. The molecule has 22 heavy (non-hydrogen) atoms. The SMILES string of the molecule is CC1=C(C)C(C)(C2CCCC2)[C]([Zr][C]2=CC=CC2)=C1C.F.F. The van der Waals surface area contributed by atoms with E-state index < -0.39 is 23.2 Å². The first kappa shape index (κ1) is 19.7. The van der Waals surface area contributed by atoms with E-state index in [-0.39, 0.29) is 9.41 Å². The molecular formula is C19H28F2Zr. The third-order valence-electron chi connectivity index (χ3n) is 6.03. The van der Waals surface area contributed by atoms with E-state index >= 15 is 0 Å². The van der Waals surface area contributed by atoms with Crippen molar-refractivity contribution in [3.63, 3.8) is 0 Å². The van der Waals surface area contributed by atoms with Gasteiger partial charge in [-0.05, 0) is 0 Å². The third-order valence-corrected chi connectivity index (χ3v) is 10.5. The molecule has 122 valence electrons. The molecule has 0 amide bonds. The van der Waals surface area contributed by atoms with Crippen LogP contribution < -0.4 is 0 Å². The second-order valence-electron chi connectivity index (χ2n) is 6.88. The summed E-state index contributed by atoms with van der Waals surface area (Å²) in [5, 5.41) is 0. The maximum Gasteiger partial charge on any atom is -0.269 e. The average molecular weight is 386 g/mol. The summed E-state index contributed by atoms with van der Waals surface area (Å²) in [6, 6.07) is 0. The van der Waals surface area contributed by atoms with E-state index in [9.17, 15) is 0 Å². The molecule has 1 atom stereocenters. The molecule has 0 aromatic heterocycles. The fourth-order valence-corrected chi connectivity index (χ4v) is 8.67. The molecule has 1 fully saturated rings. The van der Waals surface area contributed by atoms with Gasteiger partial charge in [-0.25, -0.2) is 0 Å². The smallest absolute Gasteiger partial charge is 0.269 e. The number of hydrogen-bond donors (Lipinski definition) is 0. The Labute approximate surface area is 145 Å². The first-order chi connectivity index (χ1) is 9.55. The number of halogens is 2. The first-order valence-electron chi connectivity index (χ1n) is 8.07. The molecule has 0 saturated heterocycles. The normalized spacial score (nSPS) is 27.9. The minimum atomic E-state index is -0.571. The van der Waals surface area contributed by atoms with Crippen molar-refractivity contribution in [3.8, 4) is 0 Å². The molecule has 0 aromatic carbocycles. The van der Waals surface area contributed by atoms with Gasteiger partial charge >= 0.3 is 136 Å². The van der Waals surface area contributed by atoms with Crippen LogP contribution in [-0.4, -0.2) is 0 Å². The first-order valence-corrected chi connectivity index (χ1v) is 10.5.